The van der Waals surface area contributed by atoms with Crippen molar-refractivity contribution in [1.29, 1.82) is 0 Å². The van der Waals surface area contributed by atoms with Gasteiger partial charge < -0.3 is 4.90 Å². The number of carbonyl (C=O) groups excluding carboxylic acids is 4. The summed E-state index contributed by atoms with van der Waals surface area (Å²) in [6.45, 7) is 10.4. The first kappa shape index (κ1) is 31.3. The lowest BCUT2D eigenvalue weighted by Gasteiger charge is -2.38. The number of benzene rings is 3. The van der Waals surface area contributed by atoms with E-state index in [4.69, 9.17) is 0 Å². The highest BCUT2D eigenvalue weighted by molar-refractivity contribution is 6.13. The quantitative estimate of drug-likeness (QED) is 0.255. The first-order valence-electron chi connectivity index (χ1n) is 15.7. The lowest BCUT2D eigenvalue weighted by molar-refractivity contribution is -0.135. The largest absolute Gasteiger partial charge is 0.303 e. The molecule has 2 heterocycles. The van der Waals surface area contributed by atoms with Gasteiger partial charge in [-0.3, -0.25) is 29.0 Å². The van der Waals surface area contributed by atoms with Gasteiger partial charge in [0, 0.05) is 24.2 Å². The second-order valence-electron chi connectivity index (χ2n) is 13.0. The summed E-state index contributed by atoms with van der Waals surface area (Å²) in [4.78, 5) is 58.5. The second kappa shape index (κ2) is 12.9. The summed E-state index contributed by atoms with van der Waals surface area (Å²) < 4.78 is 0. The summed E-state index contributed by atoms with van der Waals surface area (Å²) in [5, 5.41) is 0. The molecule has 2 aliphatic heterocycles. The summed E-state index contributed by atoms with van der Waals surface area (Å²) in [6, 6.07) is 25.1. The molecule has 0 atom stereocenters. The van der Waals surface area contributed by atoms with Gasteiger partial charge >= 0.3 is 0 Å². The van der Waals surface area contributed by atoms with Crippen molar-refractivity contribution >= 4 is 23.6 Å². The van der Waals surface area contributed by atoms with Crippen LogP contribution in [0.4, 0.5) is 0 Å². The van der Waals surface area contributed by atoms with Gasteiger partial charge in [0.2, 0.25) is 11.8 Å². The van der Waals surface area contributed by atoms with E-state index >= 15 is 0 Å². The highest BCUT2D eigenvalue weighted by Gasteiger charge is 2.45. The van der Waals surface area contributed by atoms with E-state index in [0.717, 1.165) is 30.5 Å². The third kappa shape index (κ3) is 6.11. The molecule has 0 aliphatic carbocycles. The van der Waals surface area contributed by atoms with Gasteiger partial charge in [0.05, 0.1) is 10.8 Å². The molecule has 230 valence electrons. The van der Waals surface area contributed by atoms with Crippen molar-refractivity contribution in [1.82, 2.24) is 14.7 Å². The maximum atomic E-state index is 13.4. The molecule has 44 heavy (non-hydrogen) atoms. The van der Waals surface area contributed by atoms with E-state index in [9.17, 15) is 19.2 Å². The topological polar surface area (TPSA) is 78.0 Å². The Kier molecular flexibility index (Phi) is 9.16. The van der Waals surface area contributed by atoms with E-state index in [1.807, 2.05) is 82.3 Å². The molecule has 7 nitrogen and oxygen atoms in total. The Balaban J connectivity index is 1.23. The van der Waals surface area contributed by atoms with Crippen molar-refractivity contribution in [2.24, 2.45) is 0 Å². The normalized spacial score (nSPS) is 17.2. The third-order valence-electron chi connectivity index (χ3n) is 9.21. The minimum atomic E-state index is -0.764. The van der Waals surface area contributed by atoms with Gasteiger partial charge in [-0.05, 0) is 102 Å². The minimum absolute atomic E-state index is 0.165. The third-order valence-corrected chi connectivity index (χ3v) is 9.21. The molecule has 0 aromatic heterocycles. The molecular formula is C37H43N3O4. The van der Waals surface area contributed by atoms with Gasteiger partial charge in [-0.1, -0.05) is 66.7 Å². The number of nitrogens with zero attached hydrogens (tertiary/aromatic N) is 3. The summed E-state index contributed by atoms with van der Waals surface area (Å²) in [6.07, 6.45) is 3.18. The van der Waals surface area contributed by atoms with E-state index in [0.29, 0.717) is 50.1 Å². The maximum Gasteiger partial charge on any atom is 0.260 e. The average molecular weight is 594 g/mol. The van der Waals surface area contributed by atoms with Crippen LogP contribution in [0.5, 0.6) is 0 Å². The highest BCUT2D eigenvalue weighted by Crippen LogP contribution is 2.35. The number of aryl methyl sites for hydroxylation is 1. The van der Waals surface area contributed by atoms with Gasteiger partial charge in [0.15, 0.2) is 0 Å². The second-order valence-corrected chi connectivity index (χ2v) is 13.0. The molecule has 5 rings (SSSR count). The fraction of sp³-hybridized carbons (Fsp3) is 0.405. The van der Waals surface area contributed by atoms with Crippen LogP contribution in [0.1, 0.15) is 84.4 Å². The van der Waals surface area contributed by atoms with Crippen LogP contribution in [0.15, 0.2) is 78.9 Å². The molecule has 3 aromatic rings. The molecule has 0 saturated heterocycles. The molecule has 0 N–H and O–H groups in total. The summed E-state index contributed by atoms with van der Waals surface area (Å²) in [5.41, 5.74) is 2.50. The molecule has 0 bridgehead atoms. The van der Waals surface area contributed by atoms with E-state index in [2.05, 4.69) is 17.0 Å². The summed E-state index contributed by atoms with van der Waals surface area (Å²) in [5.74, 6) is -0.792. The van der Waals surface area contributed by atoms with Gasteiger partial charge in [0.1, 0.15) is 0 Å². The molecule has 0 radical (unpaired) electrons. The Labute approximate surface area is 260 Å². The fourth-order valence-corrected chi connectivity index (χ4v) is 6.61. The Hall–Kier alpha value is -4.10. The number of carbonyl (C=O) groups is 4. The molecule has 3 aromatic carbocycles. The van der Waals surface area contributed by atoms with Gasteiger partial charge in [-0.25, -0.2) is 0 Å². The lowest BCUT2D eigenvalue weighted by atomic mass is 9.77. The minimum Gasteiger partial charge on any atom is -0.303 e. The number of imide groups is 2. The van der Waals surface area contributed by atoms with Crippen LogP contribution in [0.2, 0.25) is 0 Å². The molecule has 0 fully saturated rings. The number of rotatable bonds is 12. The maximum absolute atomic E-state index is 13.4. The monoisotopic (exact) mass is 593 g/mol. The smallest absolute Gasteiger partial charge is 0.260 e. The SMILES string of the molecule is CC1(C)C(=O)N(CCCN(CCCc2ccccc2)CCCN2C(=O)c3ccccc3C(C)(C)C2=O)C(=O)c2ccccc21. The molecule has 0 saturated carbocycles. The van der Waals surface area contributed by atoms with Crippen LogP contribution in [-0.4, -0.2) is 71.1 Å². The lowest BCUT2D eigenvalue weighted by Crippen LogP contribution is -2.52. The molecule has 4 amide bonds. The Morgan fingerprint density at radius 2 is 0.955 bits per heavy atom. The first-order valence-corrected chi connectivity index (χ1v) is 15.7. The van der Waals surface area contributed by atoms with Crippen molar-refractivity contribution in [2.45, 2.75) is 64.2 Å². The van der Waals surface area contributed by atoms with Crippen molar-refractivity contribution in [3.05, 3.63) is 107 Å². The first-order chi connectivity index (χ1) is 21.0. The van der Waals surface area contributed by atoms with E-state index in [1.54, 1.807) is 12.1 Å². The highest BCUT2D eigenvalue weighted by atomic mass is 16.2. The van der Waals surface area contributed by atoms with Crippen LogP contribution in [0.3, 0.4) is 0 Å². The predicted molar refractivity (Wildman–Crippen MR) is 171 cm³/mol. The zero-order valence-electron chi connectivity index (χ0n) is 26.3. The number of amides is 4. The van der Waals surface area contributed by atoms with Crippen molar-refractivity contribution < 1.29 is 19.2 Å². The Morgan fingerprint density at radius 1 is 0.545 bits per heavy atom. The van der Waals surface area contributed by atoms with Gasteiger partial charge in [-0.15, -0.1) is 0 Å². The average Bonchev–Trinajstić information content (AvgIpc) is 3.03. The molecule has 7 heteroatoms. The van der Waals surface area contributed by atoms with Gasteiger partial charge in [-0.2, -0.15) is 0 Å². The van der Waals surface area contributed by atoms with Crippen LogP contribution in [-0.2, 0) is 26.8 Å². The molecule has 0 spiro atoms. The van der Waals surface area contributed by atoms with E-state index < -0.39 is 10.8 Å². The zero-order chi connectivity index (χ0) is 31.5. The Bertz CT molecular complexity index is 1450. The van der Waals surface area contributed by atoms with E-state index in [-0.39, 0.29) is 23.6 Å². The summed E-state index contributed by atoms with van der Waals surface area (Å²) in [7, 11) is 0. The predicted octanol–water partition coefficient (Wildman–Crippen LogP) is 5.62. The van der Waals surface area contributed by atoms with Crippen LogP contribution in [0, 0.1) is 0 Å². The molecule has 2 aliphatic rings. The summed E-state index contributed by atoms with van der Waals surface area (Å²) >= 11 is 0. The number of hydrogen-bond acceptors (Lipinski definition) is 5. The number of fused-ring (bicyclic) bond motifs is 2. The van der Waals surface area contributed by atoms with Gasteiger partial charge in [0.25, 0.3) is 11.8 Å². The van der Waals surface area contributed by atoms with Crippen molar-refractivity contribution in [2.75, 3.05) is 32.7 Å². The zero-order valence-corrected chi connectivity index (χ0v) is 26.3. The van der Waals surface area contributed by atoms with Crippen LogP contribution in [0.25, 0.3) is 0 Å². The van der Waals surface area contributed by atoms with Crippen molar-refractivity contribution in [3.63, 3.8) is 0 Å². The van der Waals surface area contributed by atoms with E-state index in [1.165, 1.54) is 15.4 Å². The standard InChI is InChI=1S/C37H43N3O4/c1-36(2)30-20-10-8-18-28(30)32(41)39(34(36)43)25-13-23-38(22-12-17-27-15-6-5-7-16-27)24-14-26-40-33(42)29-19-9-11-21-31(29)37(3,4)35(40)44/h5-11,15-16,18-21H,12-14,17,22-26H2,1-4H3. The fourth-order valence-electron chi connectivity index (χ4n) is 6.61. The van der Waals surface area contributed by atoms with Crippen LogP contribution >= 0.6 is 0 Å². The molecule has 0 unspecified atom stereocenters. The Morgan fingerprint density at radius 3 is 1.43 bits per heavy atom. The molecular weight excluding hydrogens is 550 g/mol. The van der Waals surface area contributed by atoms with Crippen LogP contribution < -0.4 is 0 Å². The van der Waals surface area contributed by atoms with Crippen molar-refractivity contribution in [3.8, 4) is 0 Å². The number of hydrogen-bond donors (Lipinski definition) is 0.